The zero-order valence-electron chi connectivity index (χ0n) is 8.86. The fraction of sp³-hybridized carbons (Fsp3) is 0.455. The monoisotopic (exact) mass is 254 g/mol. The summed E-state index contributed by atoms with van der Waals surface area (Å²) >= 11 is 7.66. The van der Waals surface area contributed by atoms with E-state index >= 15 is 0 Å². The lowest BCUT2D eigenvalue weighted by atomic mass is 10.2. The first-order chi connectivity index (χ1) is 7.74. The highest BCUT2D eigenvalue weighted by Gasteiger charge is 2.19. The summed E-state index contributed by atoms with van der Waals surface area (Å²) in [7, 11) is 0. The van der Waals surface area contributed by atoms with E-state index < -0.39 is 0 Å². The Kier molecular flexibility index (Phi) is 2.48. The van der Waals surface area contributed by atoms with Crippen LogP contribution in [0.4, 0.5) is 0 Å². The van der Waals surface area contributed by atoms with Crippen molar-refractivity contribution in [1.29, 1.82) is 0 Å². The molecule has 1 unspecified atom stereocenters. The molecule has 2 heterocycles. The van der Waals surface area contributed by atoms with Crippen molar-refractivity contribution in [3.8, 4) is 10.8 Å². The van der Waals surface area contributed by atoms with Gasteiger partial charge in [0, 0.05) is 4.88 Å². The van der Waals surface area contributed by atoms with Crippen molar-refractivity contribution in [2.75, 3.05) is 0 Å². The Morgan fingerprint density at radius 1 is 1.50 bits per heavy atom. The molecule has 1 aliphatic rings. The van der Waals surface area contributed by atoms with E-state index in [4.69, 9.17) is 16.1 Å². The second-order valence-electron chi connectivity index (χ2n) is 3.99. The number of hydrogen-bond acceptors (Lipinski definition) is 4. The molecule has 3 rings (SSSR count). The van der Waals surface area contributed by atoms with Gasteiger partial charge < -0.3 is 4.52 Å². The maximum Gasteiger partial charge on any atom is 0.268 e. The zero-order chi connectivity index (χ0) is 11.1. The number of fused-ring (bicyclic) bond motifs is 1. The molecule has 0 spiro atoms. The molecule has 0 amide bonds. The first kappa shape index (κ1) is 10.3. The van der Waals surface area contributed by atoms with E-state index in [9.17, 15) is 0 Å². The normalized spacial score (nSPS) is 16.4. The Morgan fingerprint density at radius 3 is 3.06 bits per heavy atom. The van der Waals surface area contributed by atoms with Gasteiger partial charge in [0.1, 0.15) is 0 Å². The van der Waals surface area contributed by atoms with E-state index in [1.807, 2.05) is 6.92 Å². The molecule has 0 aromatic carbocycles. The van der Waals surface area contributed by atoms with E-state index in [-0.39, 0.29) is 5.38 Å². The van der Waals surface area contributed by atoms with Crippen molar-refractivity contribution in [2.24, 2.45) is 0 Å². The van der Waals surface area contributed by atoms with Crippen molar-refractivity contribution in [2.45, 2.75) is 31.6 Å². The number of rotatable bonds is 2. The van der Waals surface area contributed by atoms with Gasteiger partial charge >= 0.3 is 0 Å². The van der Waals surface area contributed by atoms with Crippen molar-refractivity contribution >= 4 is 22.9 Å². The summed E-state index contributed by atoms with van der Waals surface area (Å²) in [5, 5.41) is 3.66. The lowest BCUT2D eigenvalue weighted by Crippen LogP contribution is -1.86. The van der Waals surface area contributed by atoms with Gasteiger partial charge in [-0.2, -0.15) is 4.98 Å². The summed E-state index contributed by atoms with van der Waals surface area (Å²) in [6, 6.07) is 2.17. The van der Waals surface area contributed by atoms with Crippen LogP contribution in [0.5, 0.6) is 0 Å². The Morgan fingerprint density at radius 2 is 2.38 bits per heavy atom. The van der Waals surface area contributed by atoms with Gasteiger partial charge in [-0.3, -0.25) is 0 Å². The van der Waals surface area contributed by atoms with Gasteiger partial charge in [-0.05, 0) is 37.8 Å². The predicted octanol–water partition coefficient (Wildman–Crippen LogP) is 3.59. The second kappa shape index (κ2) is 3.86. The van der Waals surface area contributed by atoms with Crippen LogP contribution in [0.25, 0.3) is 10.8 Å². The summed E-state index contributed by atoms with van der Waals surface area (Å²) < 4.78 is 5.21. The van der Waals surface area contributed by atoms with Gasteiger partial charge in [0.2, 0.25) is 0 Å². The molecule has 0 bridgehead atoms. The van der Waals surface area contributed by atoms with Gasteiger partial charge in [0.25, 0.3) is 5.89 Å². The molecule has 3 nitrogen and oxygen atoms in total. The van der Waals surface area contributed by atoms with Crippen LogP contribution in [0.2, 0.25) is 0 Å². The van der Waals surface area contributed by atoms with Crippen molar-refractivity contribution < 1.29 is 4.52 Å². The first-order valence-corrected chi connectivity index (χ1v) is 6.59. The third-order valence-electron chi connectivity index (χ3n) is 2.75. The summed E-state index contributed by atoms with van der Waals surface area (Å²) in [6.07, 6.45) is 3.64. The minimum atomic E-state index is -0.204. The summed E-state index contributed by atoms with van der Waals surface area (Å²) in [4.78, 5) is 6.83. The van der Waals surface area contributed by atoms with E-state index in [0.29, 0.717) is 11.7 Å². The lowest BCUT2D eigenvalue weighted by molar-refractivity contribution is 0.423. The lowest BCUT2D eigenvalue weighted by Gasteiger charge is -1.89. The zero-order valence-corrected chi connectivity index (χ0v) is 10.4. The molecule has 84 valence electrons. The number of alkyl halides is 1. The van der Waals surface area contributed by atoms with Crippen molar-refractivity contribution in [3.05, 3.63) is 22.3 Å². The molecule has 5 heteroatoms. The SMILES string of the molecule is CC(Cl)c1noc(-c2cc3c(s2)CCC3)n1. The molecule has 2 aromatic rings. The molecular weight excluding hydrogens is 244 g/mol. The Hall–Kier alpha value is -0.870. The van der Waals surface area contributed by atoms with Crippen molar-refractivity contribution in [3.63, 3.8) is 0 Å². The Balaban J connectivity index is 1.95. The summed E-state index contributed by atoms with van der Waals surface area (Å²) in [5.41, 5.74) is 1.44. The largest absolute Gasteiger partial charge is 0.333 e. The molecule has 16 heavy (non-hydrogen) atoms. The van der Waals surface area contributed by atoms with E-state index in [2.05, 4.69) is 16.2 Å². The average molecular weight is 255 g/mol. The van der Waals surface area contributed by atoms with Crippen LogP contribution in [0, 0.1) is 0 Å². The highest BCUT2D eigenvalue weighted by atomic mass is 35.5. The topological polar surface area (TPSA) is 38.9 Å². The van der Waals surface area contributed by atoms with Gasteiger partial charge in [0.05, 0.1) is 10.3 Å². The fourth-order valence-electron chi connectivity index (χ4n) is 1.93. The van der Waals surface area contributed by atoms with Crippen molar-refractivity contribution in [1.82, 2.24) is 10.1 Å². The highest BCUT2D eigenvalue weighted by molar-refractivity contribution is 7.15. The number of hydrogen-bond donors (Lipinski definition) is 0. The maximum atomic E-state index is 5.90. The summed E-state index contributed by atoms with van der Waals surface area (Å²) in [5.74, 6) is 1.16. The van der Waals surface area contributed by atoms with E-state index in [1.165, 1.54) is 29.7 Å². The predicted molar refractivity (Wildman–Crippen MR) is 63.9 cm³/mol. The first-order valence-electron chi connectivity index (χ1n) is 5.33. The number of halogens is 1. The fourth-order valence-corrected chi connectivity index (χ4v) is 3.19. The summed E-state index contributed by atoms with van der Waals surface area (Å²) in [6.45, 7) is 1.84. The molecule has 2 aromatic heterocycles. The molecule has 0 radical (unpaired) electrons. The third-order valence-corrected chi connectivity index (χ3v) is 4.18. The minimum absolute atomic E-state index is 0.204. The van der Waals surface area contributed by atoms with Gasteiger partial charge in [-0.25, -0.2) is 0 Å². The number of nitrogens with zero attached hydrogens (tertiary/aromatic N) is 2. The maximum absolute atomic E-state index is 5.90. The smallest absolute Gasteiger partial charge is 0.268 e. The van der Waals surface area contributed by atoms with E-state index in [0.717, 1.165) is 4.88 Å². The molecule has 1 aliphatic carbocycles. The van der Waals surface area contributed by atoms with E-state index in [1.54, 1.807) is 11.3 Å². The second-order valence-corrected chi connectivity index (χ2v) is 5.78. The molecular formula is C11H11ClN2OS. The Bertz CT molecular complexity index is 496. The number of thiophene rings is 1. The minimum Gasteiger partial charge on any atom is -0.333 e. The quantitative estimate of drug-likeness (QED) is 0.769. The number of aromatic nitrogens is 2. The Labute approximate surface area is 102 Å². The van der Waals surface area contributed by atoms with Crippen LogP contribution in [-0.4, -0.2) is 10.1 Å². The van der Waals surface area contributed by atoms with Crippen LogP contribution in [0.1, 0.15) is 35.0 Å². The molecule has 1 atom stereocenters. The van der Waals surface area contributed by atoms with Crippen LogP contribution in [-0.2, 0) is 12.8 Å². The molecule has 0 saturated carbocycles. The van der Waals surface area contributed by atoms with Crippen LogP contribution < -0.4 is 0 Å². The van der Waals surface area contributed by atoms with Crippen LogP contribution in [0.3, 0.4) is 0 Å². The number of aryl methyl sites for hydroxylation is 2. The standard InChI is InChI=1S/C11H11ClN2OS/c1-6(12)10-13-11(15-14-10)9-5-7-3-2-4-8(7)16-9/h5-6H,2-4H2,1H3. The van der Waals surface area contributed by atoms with Gasteiger partial charge in [-0.1, -0.05) is 5.16 Å². The third kappa shape index (κ3) is 1.66. The van der Waals surface area contributed by atoms with Crippen LogP contribution >= 0.6 is 22.9 Å². The highest BCUT2D eigenvalue weighted by Crippen LogP contribution is 2.36. The van der Waals surface area contributed by atoms with Gasteiger partial charge in [0.15, 0.2) is 5.82 Å². The van der Waals surface area contributed by atoms with Crippen LogP contribution in [0.15, 0.2) is 10.6 Å². The molecule has 0 N–H and O–H groups in total. The van der Waals surface area contributed by atoms with Gasteiger partial charge in [-0.15, -0.1) is 22.9 Å². The molecule has 0 saturated heterocycles. The molecule has 0 fully saturated rings. The average Bonchev–Trinajstić information content (AvgIpc) is 2.91. The molecule has 0 aliphatic heterocycles.